The Morgan fingerprint density at radius 1 is 1.18 bits per heavy atom. The van der Waals surface area contributed by atoms with Gasteiger partial charge in [-0.15, -0.1) is 11.8 Å². The van der Waals surface area contributed by atoms with E-state index in [-0.39, 0.29) is 11.2 Å². The van der Waals surface area contributed by atoms with Crippen LogP contribution < -0.4 is 10.6 Å². The molecule has 6 heteroatoms. The summed E-state index contributed by atoms with van der Waals surface area (Å²) in [6.45, 7) is 1.16. The van der Waals surface area contributed by atoms with E-state index in [1.807, 2.05) is 12.1 Å². The summed E-state index contributed by atoms with van der Waals surface area (Å²) < 4.78 is 0. The van der Waals surface area contributed by atoms with Crippen molar-refractivity contribution in [3.8, 4) is 0 Å². The number of aromatic nitrogens is 2. The number of anilines is 1. The molecule has 0 unspecified atom stereocenters. The molecule has 1 atom stereocenters. The molecule has 0 saturated heterocycles. The maximum Gasteiger partial charge on any atom is 0.237 e. The normalized spacial score (nSPS) is 16.6. The second-order valence-electron chi connectivity index (χ2n) is 4.99. The summed E-state index contributed by atoms with van der Waals surface area (Å²) in [5, 5.41) is 5.96. The van der Waals surface area contributed by atoms with Gasteiger partial charge >= 0.3 is 0 Å². The molecule has 0 spiro atoms. The van der Waals surface area contributed by atoms with Crippen molar-refractivity contribution >= 4 is 23.6 Å². The molecule has 0 aliphatic carbocycles. The number of benzene rings is 1. The molecule has 2 heterocycles. The first-order valence-electron chi connectivity index (χ1n) is 7.32. The zero-order valence-electron chi connectivity index (χ0n) is 12.2. The van der Waals surface area contributed by atoms with Gasteiger partial charge < -0.3 is 10.6 Å². The fourth-order valence-electron chi connectivity index (χ4n) is 2.45. The summed E-state index contributed by atoms with van der Waals surface area (Å²) in [6, 6.07) is 9.98. The Bertz CT molecular complexity index is 635. The fourth-order valence-corrected chi connectivity index (χ4v) is 3.67. The van der Waals surface area contributed by atoms with Gasteiger partial charge in [0.15, 0.2) is 0 Å². The predicted octanol–water partition coefficient (Wildman–Crippen LogP) is 2.04. The molecular weight excluding hydrogens is 296 g/mol. The third-order valence-corrected chi connectivity index (χ3v) is 4.75. The number of carbonyl (C=O) groups is 1. The van der Waals surface area contributed by atoms with Gasteiger partial charge in [-0.1, -0.05) is 24.3 Å². The Morgan fingerprint density at radius 3 is 2.86 bits per heavy atom. The quantitative estimate of drug-likeness (QED) is 0.827. The van der Waals surface area contributed by atoms with Crippen LogP contribution in [0, 0.1) is 0 Å². The van der Waals surface area contributed by atoms with Crippen molar-refractivity contribution in [3.63, 3.8) is 0 Å². The van der Waals surface area contributed by atoms with Crippen molar-refractivity contribution in [1.29, 1.82) is 0 Å². The summed E-state index contributed by atoms with van der Waals surface area (Å²) in [6.07, 6.45) is 4.41. The van der Waals surface area contributed by atoms with Gasteiger partial charge in [-0.2, -0.15) is 0 Å². The molecule has 1 aliphatic rings. The number of amides is 1. The van der Waals surface area contributed by atoms with Crippen molar-refractivity contribution < 1.29 is 4.79 Å². The van der Waals surface area contributed by atoms with Crippen LogP contribution in [0.4, 0.5) is 5.95 Å². The Balaban J connectivity index is 1.51. The van der Waals surface area contributed by atoms with Crippen molar-refractivity contribution in [3.05, 3.63) is 53.9 Å². The van der Waals surface area contributed by atoms with Crippen LogP contribution in [-0.4, -0.2) is 34.7 Å². The van der Waals surface area contributed by atoms with Gasteiger partial charge in [-0.25, -0.2) is 9.97 Å². The third-order valence-electron chi connectivity index (χ3n) is 3.50. The Hall–Kier alpha value is -2.08. The first-order chi connectivity index (χ1) is 10.8. The van der Waals surface area contributed by atoms with Crippen LogP contribution in [0.1, 0.15) is 16.4 Å². The number of hydrogen-bond acceptors (Lipinski definition) is 5. The molecule has 1 aliphatic heterocycles. The van der Waals surface area contributed by atoms with Crippen molar-refractivity contribution in [2.75, 3.05) is 24.2 Å². The second-order valence-corrected chi connectivity index (χ2v) is 6.20. The van der Waals surface area contributed by atoms with E-state index in [1.54, 1.807) is 30.2 Å². The fraction of sp³-hybridized carbons (Fsp3) is 0.312. The number of rotatable bonds is 5. The largest absolute Gasteiger partial charge is 0.353 e. The summed E-state index contributed by atoms with van der Waals surface area (Å²) in [4.78, 5) is 20.5. The third kappa shape index (κ3) is 3.57. The lowest BCUT2D eigenvalue weighted by Gasteiger charge is -2.24. The van der Waals surface area contributed by atoms with Crippen LogP contribution in [0.5, 0.6) is 0 Å². The maximum absolute atomic E-state index is 12.4. The van der Waals surface area contributed by atoms with Gasteiger partial charge in [-0.3, -0.25) is 4.79 Å². The highest BCUT2D eigenvalue weighted by atomic mass is 32.2. The van der Waals surface area contributed by atoms with Gasteiger partial charge in [0.1, 0.15) is 5.25 Å². The van der Waals surface area contributed by atoms with Crippen LogP contribution in [-0.2, 0) is 11.2 Å². The Labute approximate surface area is 133 Å². The van der Waals surface area contributed by atoms with E-state index in [0.29, 0.717) is 19.0 Å². The summed E-state index contributed by atoms with van der Waals surface area (Å²) >= 11 is 1.71. The zero-order valence-corrected chi connectivity index (χ0v) is 13.0. The average Bonchev–Trinajstić information content (AvgIpc) is 2.59. The number of carbonyl (C=O) groups excluding carboxylic acids is 1. The topological polar surface area (TPSA) is 66.9 Å². The van der Waals surface area contributed by atoms with E-state index >= 15 is 0 Å². The van der Waals surface area contributed by atoms with Crippen LogP contribution in [0.25, 0.3) is 0 Å². The molecule has 114 valence electrons. The number of nitrogens with zero attached hydrogens (tertiary/aromatic N) is 2. The molecular formula is C16H18N4OS. The predicted molar refractivity (Wildman–Crippen MR) is 88.9 cm³/mol. The zero-order chi connectivity index (χ0) is 15.2. The Morgan fingerprint density at radius 2 is 2.00 bits per heavy atom. The second kappa shape index (κ2) is 7.26. The lowest BCUT2D eigenvalue weighted by atomic mass is 10.0. The smallest absolute Gasteiger partial charge is 0.237 e. The first-order valence-corrected chi connectivity index (χ1v) is 8.37. The number of nitrogens with one attached hydrogen (secondary N) is 2. The summed E-state index contributed by atoms with van der Waals surface area (Å²) in [5.41, 5.74) is 2.44. The molecule has 1 aromatic heterocycles. The molecule has 0 bridgehead atoms. The van der Waals surface area contributed by atoms with Crippen LogP contribution in [0.2, 0.25) is 0 Å². The number of fused-ring (bicyclic) bond motifs is 1. The molecule has 1 amide bonds. The highest BCUT2D eigenvalue weighted by Crippen LogP contribution is 2.36. The molecule has 3 rings (SSSR count). The molecule has 2 N–H and O–H groups in total. The molecule has 5 nitrogen and oxygen atoms in total. The first kappa shape index (κ1) is 14.8. The summed E-state index contributed by atoms with van der Waals surface area (Å²) in [7, 11) is 0. The molecule has 0 fully saturated rings. The highest BCUT2D eigenvalue weighted by Gasteiger charge is 2.26. The van der Waals surface area contributed by atoms with E-state index < -0.39 is 0 Å². The highest BCUT2D eigenvalue weighted by molar-refractivity contribution is 8.00. The van der Waals surface area contributed by atoms with Crippen molar-refractivity contribution in [2.45, 2.75) is 11.7 Å². The van der Waals surface area contributed by atoms with Crippen LogP contribution in [0.3, 0.4) is 0 Å². The summed E-state index contributed by atoms with van der Waals surface area (Å²) in [5.74, 6) is 1.65. The minimum atomic E-state index is -0.0991. The van der Waals surface area contributed by atoms with Gasteiger partial charge in [-0.05, 0) is 29.4 Å². The lowest BCUT2D eigenvalue weighted by Crippen LogP contribution is -2.33. The molecule has 0 saturated carbocycles. The van der Waals surface area contributed by atoms with E-state index in [9.17, 15) is 4.79 Å². The molecule has 2 aromatic rings. The molecule has 1 aromatic carbocycles. The van der Waals surface area contributed by atoms with Gasteiger partial charge in [0, 0.05) is 25.5 Å². The van der Waals surface area contributed by atoms with Crippen molar-refractivity contribution in [1.82, 2.24) is 15.3 Å². The SMILES string of the molecule is O=C(NCCNc1ncccn1)[C@@H]1SCCc2ccccc21. The van der Waals surface area contributed by atoms with Gasteiger partial charge in [0.25, 0.3) is 0 Å². The maximum atomic E-state index is 12.4. The Kier molecular flexibility index (Phi) is 4.90. The van der Waals surface area contributed by atoms with E-state index in [4.69, 9.17) is 0 Å². The minimum Gasteiger partial charge on any atom is -0.353 e. The van der Waals surface area contributed by atoms with Crippen LogP contribution in [0.15, 0.2) is 42.7 Å². The van der Waals surface area contributed by atoms with Crippen molar-refractivity contribution in [2.24, 2.45) is 0 Å². The van der Waals surface area contributed by atoms with Gasteiger partial charge in [0.2, 0.25) is 11.9 Å². The number of hydrogen-bond donors (Lipinski definition) is 2. The number of aryl methyl sites for hydroxylation is 1. The van der Waals surface area contributed by atoms with Gasteiger partial charge in [0.05, 0.1) is 0 Å². The lowest BCUT2D eigenvalue weighted by molar-refractivity contribution is -0.120. The van der Waals surface area contributed by atoms with Crippen LogP contribution >= 0.6 is 11.8 Å². The number of thioether (sulfide) groups is 1. The minimum absolute atomic E-state index is 0.0768. The molecule has 22 heavy (non-hydrogen) atoms. The molecule has 0 radical (unpaired) electrons. The van der Waals surface area contributed by atoms with E-state index in [1.165, 1.54) is 5.56 Å². The average molecular weight is 314 g/mol. The monoisotopic (exact) mass is 314 g/mol. The van der Waals surface area contributed by atoms with E-state index in [0.717, 1.165) is 17.7 Å². The standard InChI is InChI=1S/C16H18N4OS/c21-15(17-9-10-20-16-18-7-3-8-19-16)14-13-5-2-1-4-12(13)6-11-22-14/h1-5,7-8,14H,6,9-11H2,(H,17,21)(H,18,19,20)/t14-/m1/s1. The van der Waals surface area contributed by atoms with E-state index in [2.05, 4.69) is 32.7 Å².